The first kappa shape index (κ1) is 53.4. The highest BCUT2D eigenvalue weighted by molar-refractivity contribution is 9.10. The molecule has 1 aliphatic rings. The molecule has 2 atom stereocenters. The second-order valence-corrected chi connectivity index (χ2v) is 20.2. The maximum atomic E-state index is 13.0. The quantitative estimate of drug-likeness (QED) is 0.0768. The van der Waals surface area contributed by atoms with Crippen molar-refractivity contribution in [1.29, 1.82) is 0 Å². The number of ether oxygens (including phenoxy) is 1. The van der Waals surface area contributed by atoms with Gasteiger partial charge in [-0.15, -0.1) is 0 Å². The summed E-state index contributed by atoms with van der Waals surface area (Å²) in [6, 6.07) is 39.9. The molecule has 0 saturated heterocycles. The van der Waals surface area contributed by atoms with Gasteiger partial charge in [-0.25, -0.2) is 4.98 Å². The van der Waals surface area contributed by atoms with Gasteiger partial charge in [-0.3, -0.25) is 9.59 Å². The monoisotopic (exact) mass is 998 g/mol. The number of carbonyl (C=O) groups is 2. The molecule has 1 aromatic heterocycles. The van der Waals surface area contributed by atoms with Crippen molar-refractivity contribution >= 4 is 49.2 Å². The number of methoxy groups -OCH3 is 1. The number of fused-ring (bicyclic) bond motifs is 3. The predicted octanol–water partition coefficient (Wildman–Crippen LogP) is 16.0. The lowest BCUT2D eigenvalue weighted by Crippen LogP contribution is -2.38. The van der Waals surface area contributed by atoms with Gasteiger partial charge in [0.2, 0.25) is 5.88 Å². The summed E-state index contributed by atoms with van der Waals surface area (Å²) < 4.78 is 6.86. The zero-order chi connectivity index (χ0) is 50.2. The van der Waals surface area contributed by atoms with E-state index in [1.165, 1.54) is 28.4 Å². The fraction of sp³-hybridized carbons (Fsp3) is 0.317. The first-order valence-electron chi connectivity index (χ1n) is 24.7. The van der Waals surface area contributed by atoms with Crippen molar-refractivity contribution in [2.45, 2.75) is 104 Å². The van der Waals surface area contributed by atoms with E-state index in [1.54, 1.807) is 25.3 Å². The van der Waals surface area contributed by atoms with E-state index in [0.717, 1.165) is 87.8 Å². The summed E-state index contributed by atoms with van der Waals surface area (Å²) in [4.78, 5) is 31.9. The third kappa shape index (κ3) is 14.3. The van der Waals surface area contributed by atoms with E-state index in [1.807, 2.05) is 68.7 Å². The molecule has 5 aromatic carbocycles. The van der Waals surface area contributed by atoms with Crippen LogP contribution in [-0.2, 0) is 5.60 Å². The Kier molecular flexibility index (Phi) is 19.6. The van der Waals surface area contributed by atoms with Crippen LogP contribution >= 0.6 is 15.9 Å². The number of nitrogens with zero attached hydrogens (tertiary/aromatic N) is 2. The molecule has 1 N–H and O–H groups in total. The molecule has 7 heteroatoms. The second-order valence-electron chi connectivity index (χ2n) is 19.3. The van der Waals surface area contributed by atoms with Crippen LogP contribution in [-0.4, -0.2) is 54.3 Å². The molecular weight excluding hydrogens is 929 g/mol. The minimum absolute atomic E-state index is 0.00367. The highest BCUT2D eigenvalue weighted by Gasteiger charge is 2.43. The summed E-state index contributed by atoms with van der Waals surface area (Å²) in [6.45, 7) is 11.6. The fourth-order valence-corrected chi connectivity index (χ4v) is 9.70. The molecule has 6 aromatic rings. The molecule has 70 heavy (non-hydrogen) atoms. The van der Waals surface area contributed by atoms with E-state index in [2.05, 4.69) is 128 Å². The molecule has 364 valence electrons. The number of aliphatic hydroxyl groups is 1. The topological polar surface area (TPSA) is 79.7 Å². The Balaban J connectivity index is 0.000000232. The van der Waals surface area contributed by atoms with Crippen LogP contribution in [0.5, 0.6) is 5.88 Å². The smallest absolute Gasteiger partial charge is 0.217 e. The summed E-state index contributed by atoms with van der Waals surface area (Å²) in [5.74, 6) is 0.0352. The zero-order valence-electron chi connectivity index (χ0n) is 42.5. The van der Waals surface area contributed by atoms with Crippen LogP contribution in [0, 0.1) is 0 Å². The van der Waals surface area contributed by atoms with Crippen LogP contribution in [0.25, 0.3) is 21.7 Å². The summed E-state index contributed by atoms with van der Waals surface area (Å²) in [6.07, 6.45) is 19.3. The van der Waals surface area contributed by atoms with Crippen molar-refractivity contribution in [2.75, 3.05) is 27.7 Å². The van der Waals surface area contributed by atoms with Crippen molar-refractivity contribution in [3.05, 3.63) is 212 Å². The van der Waals surface area contributed by atoms with E-state index in [-0.39, 0.29) is 11.6 Å². The maximum Gasteiger partial charge on any atom is 0.217 e. The van der Waals surface area contributed by atoms with Crippen molar-refractivity contribution in [3.63, 3.8) is 0 Å². The number of Topliss-reactive ketones (excluding diaryl/α,β-unsaturated/α-hetero) is 1. The van der Waals surface area contributed by atoms with Crippen LogP contribution in [0.15, 0.2) is 184 Å². The van der Waals surface area contributed by atoms with Crippen molar-refractivity contribution in [3.8, 4) is 5.88 Å². The van der Waals surface area contributed by atoms with Gasteiger partial charge < -0.3 is 14.7 Å². The Bertz CT molecular complexity index is 2910. The predicted molar refractivity (Wildman–Crippen MR) is 296 cm³/mol. The Morgan fingerprint density at radius 1 is 0.700 bits per heavy atom. The van der Waals surface area contributed by atoms with Crippen LogP contribution in [0.2, 0.25) is 0 Å². The molecule has 1 heterocycles. The third-order valence-electron chi connectivity index (χ3n) is 13.2. The lowest BCUT2D eigenvalue weighted by molar-refractivity contribution is 0.00519. The summed E-state index contributed by atoms with van der Waals surface area (Å²) >= 11 is 3.60. The molecule has 6 nitrogen and oxygen atoms in total. The van der Waals surface area contributed by atoms with E-state index >= 15 is 0 Å². The van der Waals surface area contributed by atoms with Gasteiger partial charge in [-0.1, -0.05) is 160 Å². The molecule has 0 saturated carbocycles. The van der Waals surface area contributed by atoms with Crippen LogP contribution in [0.3, 0.4) is 0 Å². The molecule has 0 fully saturated rings. The minimum atomic E-state index is -1.25. The van der Waals surface area contributed by atoms with Crippen LogP contribution in [0.1, 0.15) is 136 Å². The number of halogens is 1. The summed E-state index contributed by atoms with van der Waals surface area (Å²) in [5, 5.41) is 16.2. The van der Waals surface area contributed by atoms with E-state index in [4.69, 9.17) is 9.72 Å². The number of hydrogen-bond donors (Lipinski definition) is 1. The molecule has 0 aliphatic heterocycles. The first-order valence-corrected chi connectivity index (χ1v) is 25.5. The highest BCUT2D eigenvalue weighted by atomic mass is 79.9. The van der Waals surface area contributed by atoms with Gasteiger partial charge in [-0.2, -0.15) is 0 Å². The summed E-state index contributed by atoms with van der Waals surface area (Å²) in [7, 11) is 5.73. The van der Waals surface area contributed by atoms with Gasteiger partial charge in [0.15, 0.2) is 11.6 Å². The molecule has 0 radical (unpaired) electrons. The number of carbonyl (C=O) groups excluding carboxylic acids is 2. The second kappa shape index (κ2) is 25.7. The average molecular weight is 1000 g/mol. The van der Waals surface area contributed by atoms with Crippen molar-refractivity contribution in [2.24, 2.45) is 0 Å². The number of aromatic nitrogens is 1. The SMILES string of the molecule is CC(C)=CCC/C(C)=C/CC/C(C)=C/CC/C(C)=C/CCC1=CC(=O)c2ccccc2C1=O.COc1nc2ccc(Br)cc2cc1[C@@H](c1ccccc1)[C@@](O)(CCN(C)C)c1cccc2ccccc12. The Morgan fingerprint density at radius 3 is 1.96 bits per heavy atom. The van der Waals surface area contributed by atoms with Crippen LogP contribution in [0.4, 0.5) is 0 Å². The van der Waals surface area contributed by atoms with E-state index in [9.17, 15) is 14.7 Å². The zero-order valence-corrected chi connectivity index (χ0v) is 44.1. The number of pyridine rings is 1. The fourth-order valence-electron chi connectivity index (χ4n) is 9.32. The molecule has 7 rings (SSSR count). The lowest BCUT2D eigenvalue weighted by Gasteiger charge is -2.39. The summed E-state index contributed by atoms with van der Waals surface area (Å²) in [5.41, 5.74) is 9.71. The average Bonchev–Trinajstić information content (AvgIpc) is 3.35. The van der Waals surface area contributed by atoms with Gasteiger partial charge >= 0.3 is 0 Å². The van der Waals surface area contributed by atoms with Gasteiger partial charge in [0, 0.05) is 44.6 Å². The van der Waals surface area contributed by atoms with Gasteiger partial charge in [0.1, 0.15) is 5.60 Å². The van der Waals surface area contributed by atoms with Gasteiger partial charge in [-0.05, 0) is 159 Å². The Morgan fingerprint density at radius 2 is 1.30 bits per heavy atom. The molecule has 0 unspecified atom stereocenters. The Labute approximate surface area is 425 Å². The third-order valence-corrected chi connectivity index (χ3v) is 13.7. The minimum Gasteiger partial charge on any atom is -0.481 e. The standard InChI is InChI=1S/C32H31BrN2O2.C31H40O2/c1-35(2)19-18-32(36,28-15-9-13-22-10-7-8-14-26(22)28)30(23-11-5-4-6-12-23)27-21-24-20-25(33)16-17-29(24)34-31(27)37-3;1-23(2)12-8-13-24(3)14-9-15-25(4)16-10-17-26(5)18-11-19-27-22-30(32)28-20-6-7-21-29(28)31(27)33/h4-17,20-21,30,36H,18-19H2,1-3H3;6-7,12,14,16,18,20-22H,8-11,13,15,17,19H2,1-5H3/b;24-14+,25-16+,26-18+/t30-,32-;/m1./s1. The van der Waals surface area contributed by atoms with E-state index in [0.29, 0.717) is 42.0 Å². The highest BCUT2D eigenvalue weighted by Crippen LogP contribution is 2.49. The largest absolute Gasteiger partial charge is 0.481 e. The van der Waals surface area contributed by atoms with Crippen LogP contribution < -0.4 is 4.74 Å². The molecule has 0 bridgehead atoms. The molecule has 0 amide bonds. The van der Waals surface area contributed by atoms with Gasteiger partial charge in [0.05, 0.1) is 12.6 Å². The van der Waals surface area contributed by atoms with Crippen molar-refractivity contribution < 1.29 is 19.4 Å². The number of ketones is 2. The van der Waals surface area contributed by atoms with Crippen molar-refractivity contribution in [1.82, 2.24) is 9.88 Å². The normalized spacial score (nSPS) is 14.4. The number of allylic oxidation sites excluding steroid dienone is 10. The first-order chi connectivity index (χ1) is 33.7. The maximum absolute atomic E-state index is 13.0. The molecular formula is C63H71BrN2O4. The Hall–Kier alpha value is -5.99. The number of benzene rings is 5. The number of hydrogen-bond acceptors (Lipinski definition) is 6. The van der Waals surface area contributed by atoms with Gasteiger partial charge in [0.25, 0.3) is 0 Å². The lowest BCUT2D eigenvalue weighted by atomic mass is 9.70. The van der Waals surface area contributed by atoms with E-state index < -0.39 is 11.5 Å². The molecule has 1 aliphatic carbocycles. The number of rotatable bonds is 20. The molecule has 0 spiro atoms.